The zero-order valence-electron chi connectivity index (χ0n) is 13.0. The van der Waals surface area contributed by atoms with Crippen LogP contribution in [-0.2, 0) is 0 Å². The molecule has 2 N–H and O–H groups in total. The molecular formula is C17H32N2. The molecule has 0 atom stereocenters. The van der Waals surface area contributed by atoms with Crippen molar-refractivity contribution in [3.63, 3.8) is 0 Å². The summed E-state index contributed by atoms with van der Waals surface area (Å²) in [6.07, 6.45) is 7.79. The Morgan fingerprint density at radius 2 is 1.42 bits per heavy atom. The fourth-order valence-corrected chi connectivity index (χ4v) is 5.17. The zero-order valence-corrected chi connectivity index (χ0v) is 13.0. The third-order valence-electron chi connectivity index (χ3n) is 5.76. The van der Waals surface area contributed by atoms with Gasteiger partial charge in [0.15, 0.2) is 0 Å². The lowest BCUT2D eigenvalue weighted by atomic mass is 9.52. The van der Waals surface area contributed by atoms with Crippen LogP contribution in [0.1, 0.15) is 52.9 Å². The number of hydrogen-bond acceptors (Lipinski definition) is 2. The van der Waals surface area contributed by atoms with E-state index in [2.05, 4.69) is 31.4 Å². The van der Waals surface area contributed by atoms with Crippen molar-refractivity contribution in [2.45, 2.75) is 58.4 Å². The summed E-state index contributed by atoms with van der Waals surface area (Å²) in [5.74, 6) is 5.36. The Morgan fingerprint density at radius 3 is 1.95 bits per heavy atom. The molecule has 4 bridgehead atoms. The fourth-order valence-electron chi connectivity index (χ4n) is 5.17. The van der Waals surface area contributed by atoms with E-state index in [9.17, 15) is 0 Å². The van der Waals surface area contributed by atoms with Gasteiger partial charge in [0.25, 0.3) is 0 Å². The van der Waals surface area contributed by atoms with Crippen LogP contribution in [0.2, 0.25) is 0 Å². The van der Waals surface area contributed by atoms with Gasteiger partial charge in [0.05, 0.1) is 0 Å². The van der Waals surface area contributed by atoms with E-state index in [1.807, 2.05) is 0 Å². The lowest BCUT2D eigenvalue weighted by Crippen LogP contribution is -2.49. The number of hydrogen-bond donors (Lipinski definition) is 2. The third-order valence-corrected chi connectivity index (χ3v) is 5.76. The van der Waals surface area contributed by atoms with Crippen molar-refractivity contribution in [1.82, 2.24) is 10.6 Å². The van der Waals surface area contributed by atoms with Gasteiger partial charge in [-0.15, -0.1) is 0 Å². The van der Waals surface area contributed by atoms with Crippen molar-refractivity contribution < 1.29 is 0 Å². The van der Waals surface area contributed by atoms with Crippen molar-refractivity contribution in [3.8, 4) is 0 Å². The van der Waals surface area contributed by atoms with Gasteiger partial charge in [-0.05, 0) is 89.0 Å². The first-order valence-electron chi connectivity index (χ1n) is 8.47. The predicted octanol–water partition coefficient (Wildman–Crippen LogP) is 3.04. The van der Waals surface area contributed by atoms with E-state index >= 15 is 0 Å². The first-order valence-corrected chi connectivity index (χ1v) is 8.47. The van der Waals surface area contributed by atoms with Gasteiger partial charge in [-0.25, -0.2) is 0 Å². The van der Waals surface area contributed by atoms with Gasteiger partial charge < -0.3 is 10.6 Å². The molecule has 4 rings (SSSR count). The summed E-state index contributed by atoms with van der Waals surface area (Å²) in [6.45, 7) is 10.2. The zero-order chi connectivity index (χ0) is 13.5. The van der Waals surface area contributed by atoms with Crippen molar-refractivity contribution in [1.29, 1.82) is 0 Å². The summed E-state index contributed by atoms with van der Waals surface area (Å²) >= 11 is 0. The number of nitrogens with one attached hydrogen (secondary N) is 2. The molecule has 4 fully saturated rings. The Hall–Kier alpha value is -0.0800. The summed E-state index contributed by atoms with van der Waals surface area (Å²) in [5, 5.41) is 7.29. The van der Waals surface area contributed by atoms with Crippen molar-refractivity contribution in [2.24, 2.45) is 29.6 Å². The second-order valence-electron chi connectivity index (χ2n) is 8.48. The molecular weight excluding hydrogens is 232 g/mol. The van der Waals surface area contributed by atoms with Crippen LogP contribution >= 0.6 is 0 Å². The van der Waals surface area contributed by atoms with E-state index in [1.165, 1.54) is 6.54 Å². The van der Waals surface area contributed by atoms with E-state index < -0.39 is 0 Å². The Kier molecular flexibility index (Phi) is 3.92. The molecule has 4 saturated carbocycles. The summed E-state index contributed by atoms with van der Waals surface area (Å²) in [5.41, 5.74) is 0.254. The first-order chi connectivity index (χ1) is 9.01. The van der Waals surface area contributed by atoms with Crippen LogP contribution in [0.3, 0.4) is 0 Å². The average Bonchev–Trinajstić information content (AvgIpc) is 2.29. The van der Waals surface area contributed by atoms with E-state index in [0.717, 1.165) is 42.7 Å². The van der Waals surface area contributed by atoms with Crippen LogP contribution < -0.4 is 10.6 Å². The minimum absolute atomic E-state index is 0.254. The summed E-state index contributed by atoms with van der Waals surface area (Å²) in [4.78, 5) is 0. The van der Waals surface area contributed by atoms with Crippen LogP contribution in [0.5, 0.6) is 0 Å². The van der Waals surface area contributed by atoms with Gasteiger partial charge >= 0.3 is 0 Å². The molecule has 110 valence electrons. The SMILES string of the molecule is CC(C)(C)NCCNCC1C2CC3CC(C2)CC1C3. The molecule has 2 heteroatoms. The Morgan fingerprint density at radius 1 is 0.842 bits per heavy atom. The van der Waals surface area contributed by atoms with Crippen molar-refractivity contribution in [2.75, 3.05) is 19.6 Å². The van der Waals surface area contributed by atoms with Crippen LogP contribution in [0, 0.1) is 29.6 Å². The monoisotopic (exact) mass is 264 g/mol. The van der Waals surface area contributed by atoms with Crippen LogP contribution in [0.25, 0.3) is 0 Å². The molecule has 0 amide bonds. The molecule has 0 heterocycles. The van der Waals surface area contributed by atoms with Crippen LogP contribution in [-0.4, -0.2) is 25.2 Å². The molecule has 19 heavy (non-hydrogen) atoms. The quantitative estimate of drug-likeness (QED) is 0.746. The van der Waals surface area contributed by atoms with E-state index in [1.54, 1.807) is 32.1 Å². The smallest absolute Gasteiger partial charge is 0.00970 e. The normalized spacial score (nSPS) is 40.9. The lowest BCUT2D eigenvalue weighted by molar-refractivity contribution is -0.0353. The average molecular weight is 264 g/mol. The number of rotatable bonds is 5. The maximum Gasteiger partial charge on any atom is 0.00970 e. The lowest BCUT2D eigenvalue weighted by Gasteiger charge is -2.54. The molecule has 2 nitrogen and oxygen atoms in total. The van der Waals surface area contributed by atoms with Gasteiger partial charge in [0, 0.05) is 18.6 Å². The molecule has 0 spiro atoms. The molecule has 0 radical (unpaired) electrons. The molecule has 0 aromatic carbocycles. The topological polar surface area (TPSA) is 24.1 Å². The maximum atomic E-state index is 3.72. The molecule has 4 aliphatic carbocycles. The molecule has 0 aromatic rings. The van der Waals surface area contributed by atoms with Gasteiger partial charge in [-0.3, -0.25) is 0 Å². The Bertz CT molecular complexity index is 277. The summed E-state index contributed by atoms with van der Waals surface area (Å²) in [7, 11) is 0. The second kappa shape index (κ2) is 5.37. The van der Waals surface area contributed by atoms with Gasteiger partial charge in [-0.2, -0.15) is 0 Å². The molecule has 4 aliphatic rings. The van der Waals surface area contributed by atoms with Gasteiger partial charge in [-0.1, -0.05) is 0 Å². The van der Waals surface area contributed by atoms with Gasteiger partial charge in [0.1, 0.15) is 0 Å². The highest BCUT2D eigenvalue weighted by atomic mass is 15.0. The maximum absolute atomic E-state index is 3.72. The molecule has 0 aliphatic heterocycles. The highest BCUT2D eigenvalue weighted by Gasteiger charge is 2.47. The fraction of sp³-hybridized carbons (Fsp3) is 1.00. The third kappa shape index (κ3) is 3.33. The minimum Gasteiger partial charge on any atom is -0.315 e. The minimum atomic E-state index is 0.254. The van der Waals surface area contributed by atoms with Crippen molar-refractivity contribution >= 4 is 0 Å². The standard InChI is InChI=1S/C17H32N2/c1-17(2,3)19-5-4-18-11-16-14-7-12-6-13(9-14)10-15(16)8-12/h12-16,18-19H,4-11H2,1-3H3. The first kappa shape index (κ1) is 13.9. The highest BCUT2D eigenvalue weighted by Crippen LogP contribution is 2.56. The Labute approximate surface area is 119 Å². The summed E-state index contributed by atoms with van der Waals surface area (Å²) in [6, 6.07) is 0. The van der Waals surface area contributed by atoms with Crippen LogP contribution in [0.15, 0.2) is 0 Å². The van der Waals surface area contributed by atoms with Crippen molar-refractivity contribution in [3.05, 3.63) is 0 Å². The van der Waals surface area contributed by atoms with E-state index in [4.69, 9.17) is 0 Å². The second-order valence-corrected chi connectivity index (χ2v) is 8.48. The van der Waals surface area contributed by atoms with Gasteiger partial charge in [0.2, 0.25) is 0 Å². The molecule has 0 unspecified atom stereocenters. The van der Waals surface area contributed by atoms with E-state index in [-0.39, 0.29) is 5.54 Å². The van der Waals surface area contributed by atoms with Crippen LogP contribution in [0.4, 0.5) is 0 Å². The summed E-state index contributed by atoms with van der Waals surface area (Å²) < 4.78 is 0. The molecule has 0 aromatic heterocycles. The molecule has 0 saturated heterocycles. The highest BCUT2D eigenvalue weighted by molar-refractivity contribution is 4.98. The predicted molar refractivity (Wildman–Crippen MR) is 81.2 cm³/mol. The largest absolute Gasteiger partial charge is 0.315 e. The van der Waals surface area contributed by atoms with E-state index in [0.29, 0.717) is 0 Å². The Balaban J connectivity index is 1.39.